The number of benzene rings is 2. The van der Waals surface area contributed by atoms with Crippen molar-refractivity contribution in [1.82, 2.24) is 10.3 Å². The molecule has 0 spiro atoms. The number of aromatic nitrogens is 1. The molecule has 0 fully saturated rings. The minimum Gasteiger partial charge on any atom is -0.370 e. The highest BCUT2D eigenvalue weighted by Crippen LogP contribution is 2.22. The second kappa shape index (κ2) is 8.08. The molecular weight excluding hydrogens is 338 g/mol. The summed E-state index contributed by atoms with van der Waals surface area (Å²) in [6.45, 7) is 7.85. The Hall–Kier alpha value is -3.08. The fourth-order valence-electron chi connectivity index (χ4n) is 3.43. The predicted octanol–water partition coefficient (Wildman–Crippen LogP) is 3.61. The first-order valence-corrected chi connectivity index (χ1v) is 9.23. The van der Waals surface area contributed by atoms with Crippen LogP contribution >= 0.6 is 0 Å². The molecule has 1 heterocycles. The van der Waals surface area contributed by atoms with Crippen molar-refractivity contribution < 1.29 is 9.59 Å². The van der Waals surface area contributed by atoms with Crippen LogP contribution in [0, 0.1) is 13.8 Å². The molecule has 0 atom stereocenters. The Kier molecular flexibility index (Phi) is 5.60. The molecule has 5 nitrogen and oxygen atoms in total. The third-order valence-electron chi connectivity index (χ3n) is 4.83. The molecule has 0 aliphatic heterocycles. The summed E-state index contributed by atoms with van der Waals surface area (Å²) in [6.07, 6.45) is 0. The van der Waals surface area contributed by atoms with Gasteiger partial charge in [0.1, 0.15) is 0 Å². The summed E-state index contributed by atoms with van der Waals surface area (Å²) >= 11 is 0. The zero-order valence-corrected chi connectivity index (χ0v) is 16.0. The predicted molar refractivity (Wildman–Crippen MR) is 109 cm³/mol. The van der Waals surface area contributed by atoms with Crippen molar-refractivity contribution in [3.05, 3.63) is 65.4 Å². The number of carbonyl (C=O) groups excluding carboxylic acids is 2. The van der Waals surface area contributed by atoms with E-state index in [9.17, 15) is 9.59 Å². The van der Waals surface area contributed by atoms with Gasteiger partial charge in [-0.15, -0.1) is 0 Å². The Bertz CT molecular complexity index is 975. The number of nitrogens with zero attached hydrogens (tertiary/aromatic N) is 1. The van der Waals surface area contributed by atoms with Gasteiger partial charge in [-0.1, -0.05) is 36.4 Å². The van der Waals surface area contributed by atoms with Gasteiger partial charge in [-0.3, -0.25) is 9.59 Å². The second-order valence-corrected chi connectivity index (χ2v) is 6.62. The Morgan fingerprint density at radius 3 is 2.48 bits per heavy atom. The maximum Gasteiger partial charge on any atom is 0.292 e. The van der Waals surface area contributed by atoms with Crippen molar-refractivity contribution in [2.24, 2.45) is 0 Å². The number of nitrogens with one attached hydrogen (secondary N) is 2. The van der Waals surface area contributed by atoms with Crippen LogP contribution in [0.15, 0.2) is 48.5 Å². The number of amides is 1. The van der Waals surface area contributed by atoms with Crippen LogP contribution in [0.3, 0.4) is 0 Å². The fraction of sp³-hybridized carbons (Fsp3) is 0.273. The molecule has 2 N–H and O–H groups in total. The van der Waals surface area contributed by atoms with Gasteiger partial charge < -0.3 is 15.2 Å². The van der Waals surface area contributed by atoms with Gasteiger partial charge in [0, 0.05) is 41.9 Å². The number of hydrogen-bond donors (Lipinski definition) is 2. The van der Waals surface area contributed by atoms with E-state index in [2.05, 4.69) is 41.2 Å². The average molecular weight is 363 g/mol. The van der Waals surface area contributed by atoms with Crippen molar-refractivity contribution >= 4 is 28.3 Å². The van der Waals surface area contributed by atoms with Crippen LogP contribution in [-0.4, -0.2) is 36.3 Å². The Balaban J connectivity index is 1.66. The lowest BCUT2D eigenvalue weighted by atomic mass is 10.1. The highest BCUT2D eigenvalue weighted by atomic mass is 16.2. The van der Waals surface area contributed by atoms with E-state index in [0.29, 0.717) is 24.3 Å². The largest absolute Gasteiger partial charge is 0.370 e. The molecule has 27 heavy (non-hydrogen) atoms. The molecule has 1 aromatic heterocycles. The van der Waals surface area contributed by atoms with Gasteiger partial charge in [0.15, 0.2) is 0 Å². The molecule has 0 saturated carbocycles. The first-order chi connectivity index (χ1) is 13.0. The van der Waals surface area contributed by atoms with Gasteiger partial charge >= 0.3 is 0 Å². The molecule has 3 rings (SSSR count). The summed E-state index contributed by atoms with van der Waals surface area (Å²) in [6, 6.07) is 15.7. The maximum absolute atomic E-state index is 12.7. The van der Waals surface area contributed by atoms with Crippen molar-refractivity contribution in [3.8, 4) is 0 Å². The number of Topliss-reactive ketones (excluding diaryl/α,β-unsaturated/α-hetero) is 1. The number of anilines is 1. The van der Waals surface area contributed by atoms with Gasteiger partial charge in [-0.25, -0.2) is 0 Å². The lowest BCUT2D eigenvalue weighted by Gasteiger charge is -2.25. The average Bonchev–Trinajstić information content (AvgIpc) is 3.01. The number of para-hydroxylation sites is 2. The summed E-state index contributed by atoms with van der Waals surface area (Å²) in [5.41, 5.74) is 4.37. The third kappa shape index (κ3) is 3.87. The van der Waals surface area contributed by atoms with Crippen LogP contribution in [0.2, 0.25) is 0 Å². The van der Waals surface area contributed by atoms with Crippen LogP contribution in [0.4, 0.5) is 5.69 Å². The number of aromatic amines is 1. The number of fused-ring (bicyclic) bond motifs is 1. The molecule has 5 heteroatoms. The van der Waals surface area contributed by atoms with E-state index in [1.165, 1.54) is 5.56 Å². The van der Waals surface area contributed by atoms with E-state index in [0.717, 1.165) is 23.1 Å². The SMILES string of the molecule is CCN(CCNC(=O)C(=O)c1c(C)[nH]c2ccccc12)c1ccccc1C. The van der Waals surface area contributed by atoms with Gasteiger partial charge in [0.25, 0.3) is 11.7 Å². The van der Waals surface area contributed by atoms with E-state index >= 15 is 0 Å². The summed E-state index contributed by atoms with van der Waals surface area (Å²) in [4.78, 5) is 30.4. The lowest BCUT2D eigenvalue weighted by Crippen LogP contribution is -2.38. The van der Waals surface area contributed by atoms with Gasteiger partial charge in [0.2, 0.25) is 0 Å². The molecule has 0 bridgehead atoms. The van der Waals surface area contributed by atoms with E-state index in [1.807, 2.05) is 43.3 Å². The van der Waals surface area contributed by atoms with Crippen LogP contribution in [-0.2, 0) is 4.79 Å². The summed E-state index contributed by atoms with van der Waals surface area (Å²) in [5.74, 6) is -1.06. The number of likely N-dealkylation sites (N-methyl/N-ethyl adjacent to an activating group) is 1. The van der Waals surface area contributed by atoms with E-state index in [1.54, 1.807) is 0 Å². The number of H-pyrrole nitrogens is 1. The normalized spacial score (nSPS) is 10.8. The van der Waals surface area contributed by atoms with E-state index < -0.39 is 11.7 Å². The molecule has 0 saturated heterocycles. The molecule has 1 amide bonds. The minimum absolute atomic E-state index is 0.411. The van der Waals surface area contributed by atoms with Gasteiger partial charge in [-0.2, -0.15) is 0 Å². The summed E-state index contributed by atoms with van der Waals surface area (Å²) in [7, 11) is 0. The number of aryl methyl sites for hydroxylation is 2. The molecule has 0 radical (unpaired) electrons. The zero-order valence-electron chi connectivity index (χ0n) is 16.0. The van der Waals surface area contributed by atoms with Crippen molar-refractivity contribution in [1.29, 1.82) is 0 Å². The van der Waals surface area contributed by atoms with Crippen molar-refractivity contribution in [2.75, 3.05) is 24.5 Å². The maximum atomic E-state index is 12.7. The van der Waals surface area contributed by atoms with Crippen molar-refractivity contribution in [3.63, 3.8) is 0 Å². The number of ketones is 1. The fourth-order valence-corrected chi connectivity index (χ4v) is 3.43. The second-order valence-electron chi connectivity index (χ2n) is 6.62. The van der Waals surface area contributed by atoms with Crippen LogP contribution in [0.1, 0.15) is 28.5 Å². The Morgan fingerprint density at radius 1 is 1.04 bits per heavy atom. The first kappa shape index (κ1) is 18.7. The quantitative estimate of drug-likeness (QED) is 0.498. The van der Waals surface area contributed by atoms with E-state index in [-0.39, 0.29) is 0 Å². The zero-order chi connectivity index (χ0) is 19.4. The van der Waals surface area contributed by atoms with Crippen LogP contribution < -0.4 is 10.2 Å². The first-order valence-electron chi connectivity index (χ1n) is 9.23. The topological polar surface area (TPSA) is 65.2 Å². The lowest BCUT2D eigenvalue weighted by molar-refractivity contribution is -0.116. The monoisotopic (exact) mass is 363 g/mol. The highest BCUT2D eigenvalue weighted by Gasteiger charge is 2.22. The summed E-state index contributed by atoms with van der Waals surface area (Å²) in [5, 5.41) is 3.56. The number of carbonyl (C=O) groups is 2. The Labute approximate surface area is 159 Å². The molecule has 2 aromatic carbocycles. The summed E-state index contributed by atoms with van der Waals surface area (Å²) < 4.78 is 0. The van der Waals surface area contributed by atoms with Crippen LogP contribution in [0.25, 0.3) is 10.9 Å². The Morgan fingerprint density at radius 2 is 1.74 bits per heavy atom. The standard InChI is InChI=1S/C22H25N3O2/c1-4-25(19-12-8-5-9-15(19)2)14-13-23-22(27)21(26)20-16(3)24-18-11-7-6-10-17(18)20/h5-12,24H,4,13-14H2,1-3H3,(H,23,27). The van der Waals surface area contributed by atoms with Crippen LogP contribution in [0.5, 0.6) is 0 Å². The number of hydrogen-bond acceptors (Lipinski definition) is 3. The third-order valence-corrected chi connectivity index (χ3v) is 4.83. The molecule has 0 aliphatic rings. The molecule has 3 aromatic rings. The molecule has 0 aliphatic carbocycles. The van der Waals surface area contributed by atoms with Crippen molar-refractivity contribution in [2.45, 2.75) is 20.8 Å². The molecular formula is C22H25N3O2. The number of rotatable bonds is 7. The van der Waals surface area contributed by atoms with E-state index in [4.69, 9.17) is 0 Å². The molecule has 140 valence electrons. The van der Waals surface area contributed by atoms with Gasteiger partial charge in [0.05, 0.1) is 5.56 Å². The molecule has 0 unspecified atom stereocenters. The van der Waals surface area contributed by atoms with Gasteiger partial charge in [-0.05, 0) is 38.5 Å². The minimum atomic E-state index is -0.566. The highest BCUT2D eigenvalue weighted by molar-refractivity contribution is 6.45. The smallest absolute Gasteiger partial charge is 0.292 e.